The van der Waals surface area contributed by atoms with Crippen LogP contribution in [0.3, 0.4) is 0 Å². The second kappa shape index (κ2) is 5.05. The molecule has 3 heteroatoms. The molecule has 0 bridgehead atoms. The SMILES string of the molecule is Cc1ccc(N2CCNC(C(C)C)C2)cc1F. The Balaban J connectivity index is 2.13. The summed E-state index contributed by atoms with van der Waals surface area (Å²) in [6, 6.07) is 6.02. The maximum atomic E-state index is 13.5. The lowest BCUT2D eigenvalue weighted by Crippen LogP contribution is -2.53. The summed E-state index contributed by atoms with van der Waals surface area (Å²) < 4.78 is 13.5. The summed E-state index contributed by atoms with van der Waals surface area (Å²) in [4.78, 5) is 2.27. The number of halogens is 1. The number of nitrogens with one attached hydrogen (secondary N) is 1. The minimum Gasteiger partial charge on any atom is -0.369 e. The van der Waals surface area contributed by atoms with E-state index in [-0.39, 0.29) is 5.82 Å². The van der Waals surface area contributed by atoms with Gasteiger partial charge in [-0.3, -0.25) is 0 Å². The maximum Gasteiger partial charge on any atom is 0.128 e. The average molecular weight is 236 g/mol. The summed E-state index contributed by atoms with van der Waals surface area (Å²) in [5.41, 5.74) is 1.71. The lowest BCUT2D eigenvalue weighted by atomic mass is 10.0. The molecule has 2 nitrogen and oxygen atoms in total. The molecule has 1 fully saturated rings. The highest BCUT2D eigenvalue weighted by Gasteiger charge is 2.22. The van der Waals surface area contributed by atoms with Gasteiger partial charge in [-0.2, -0.15) is 0 Å². The standard InChI is InChI=1S/C14H21FN2/c1-10(2)14-9-17(7-6-16-14)12-5-4-11(3)13(15)8-12/h4-5,8,10,14,16H,6-7,9H2,1-3H3. The normalized spacial score (nSPS) is 21.0. The smallest absolute Gasteiger partial charge is 0.128 e. The van der Waals surface area contributed by atoms with Gasteiger partial charge < -0.3 is 10.2 Å². The molecule has 1 unspecified atom stereocenters. The highest BCUT2D eigenvalue weighted by molar-refractivity contribution is 5.48. The average Bonchev–Trinajstić information content (AvgIpc) is 2.33. The molecule has 0 spiro atoms. The number of piperazine rings is 1. The van der Waals surface area contributed by atoms with Crippen LogP contribution in [0.4, 0.5) is 10.1 Å². The molecular weight excluding hydrogens is 215 g/mol. The first-order chi connectivity index (χ1) is 8.08. The summed E-state index contributed by atoms with van der Waals surface area (Å²) in [6.07, 6.45) is 0. The summed E-state index contributed by atoms with van der Waals surface area (Å²) in [5, 5.41) is 3.51. The highest BCUT2D eigenvalue weighted by atomic mass is 19.1. The molecule has 0 aromatic heterocycles. The first-order valence-corrected chi connectivity index (χ1v) is 6.32. The fraction of sp³-hybridized carbons (Fsp3) is 0.571. The Morgan fingerprint density at radius 3 is 2.82 bits per heavy atom. The molecule has 1 N–H and O–H groups in total. The van der Waals surface area contributed by atoms with E-state index >= 15 is 0 Å². The van der Waals surface area contributed by atoms with Crippen LogP contribution < -0.4 is 10.2 Å². The Morgan fingerprint density at radius 1 is 1.41 bits per heavy atom. The Morgan fingerprint density at radius 2 is 2.18 bits per heavy atom. The predicted octanol–water partition coefficient (Wildman–Crippen LogP) is 2.57. The molecule has 94 valence electrons. The summed E-state index contributed by atoms with van der Waals surface area (Å²) in [6.45, 7) is 9.12. The van der Waals surface area contributed by atoms with Gasteiger partial charge in [-0.1, -0.05) is 19.9 Å². The third-order valence-electron chi connectivity index (χ3n) is 3.53. The van der Waals surface area contributed by atoms with Crippen LogP contribution in [0.1, 0.15) is 19.4 Å². The van der Waals surface area contributed by atoms with Crippen molar-refractivity contribution in [2.24, 2.45) is 5.92 Å². The van der Waals surface area contributed by atoms with Crippen LogP contribution in [0.15, 0.2) is 18.2 Å². The van der Waals surface area contributed by atoms with Crippen molar-refractivity contribution >= 4 is 5.69 Å². The van der Waals surface area contributed by atoms with Crippen LogP contribution in [-0.2, 0) is 0 Å². The van der Waals surface area contributed by atoms with Crippen LogP contribution in [0.25, 0.3) is 0 Å². The van der Waals surface area contributed by atoms with Crippen molar-refractivity contribution in [2.45, 2.75) is 26.8 Å². The quantitative estimate of drug-likeness (QED) is 0.849. The van der Waals surface area contributed by atoms with Gasteiger partial charge in [0, 0.05) is 31.4 Å². The van der Waals surface area contributed by atoms with Crippen LogP contribution in [0.5, 0.6) is 0 Å². The second-order valence-electron chi connectivity index (χ2n) is 5.18. The Labute approximate surface area is 103 Å². The molecule has 0 radical (unpaired) electrons. The van der Waals surface area contributed by atoms with Crippen molar-refractivity contribution in [1.29, 1.82) is 0 Å². The molecule has 0 saturated carbocycles. The molecule has 1 heterocycles. The van der Waals surface area contributed by atoms with E-state index in [1.165, 1.54) is 0 Å². The summed E-state index contributed by atoms with van der Waals surface area (Å²) in [5.74, 6) is 0.496. The largest absolute Gasteiger partial charge is 0.369 e. The van der Waals surface area contributed by atoms with Crippen LogP contribution in [0.2, 0.25) is 0 Å². The molecule has 1 saturated heterocycles. The second-order valence-corrected chi connectivity index (χ2v) is 5.18. The number of aryl methyl sites for hydroxylation is 1. The third kappa shape index (κ3) is 2.78. The minimum absolute atomic E-state index is 0.109. The fourth-order valence-corrected chi connectivity index (χ4v) is 2.24. The molecule has 1 aromatic carbocycles. The zero-order chi connectivity index (χ0) is 12.4. The van der Waals surface area contributed by atoms with E-state index in [0.717, 1.165) is 25.3 Å². The van der Waals surface area contributed by atoms with Gasteiger partial charge in [0.05, 0.1) is 0 Å². The number of nitrogens with zero attached hydrogens (tertiary/aromatic N) is 1. The van der Waals surface area contributed by atoms with Crippen molar-refractivity contribution in [3.8, 4) is 0 Å². The molecule has 17 heavy (non-hydrogen) atoms. The number of benzene rings is 1. The van der Waals surface area contributed by atoms with Gasteiger partial charge in [0.15, 0.2) is 0 Å². The summed E-state index contributed by atoms with van der Waals surface area (Å²) >= 11 is 0. The molecule has 1 atom stereocenters. The lowest BCUT2D eigenvalue weighted by molar-refractivity contribution is 0.368. The van der Waals surface area contributed by atoms with E-state index < -0.39 is 0 Å². The Kier molecular flexibility index (Phi) is 3.67. The van der Waals surface area contributed by atoms with Crippen LogP contribution >= 0.6 is 0 Å². The van der Waals surface area contributed by atoms with Crippen LogP contribution in [-0.4, -0.2) is 25.7 Å². The molecule has 0 amide bonds. The Hall–Kier alpha value is -1.09. The Bertz CT molecular complexity index is 390. The molecule has 2 rings (SSSR count). The van der Waals surface area contributed by atoms with Gasteiger partial charge in [0.1, 0.15) is 5.82 Å². The monoisotopic (exact) mass is 236 g/mol. The van der Waals surface area contributed by atoms with Gasteiger partial charge >= 0.3 is 0 Å². The van der Waals surface area contributed by atoms with E-state index in [0.29, 0.717) is 17.5 Å². The molecule has 1 aliphatic rings. The van der Waals surface area contributed by atoms with Gasteiger partial charge in [-0.15, -0.1) is 0 Å². The van der Waals surface area contributed by atoms with Gasteiger partial charge in [-0.05, 0) is 30.5 Å². The van der Waals surface area contributed by atoms with E-state index in [9.17, 15) is 4.39 Å². The van der Waals surface area contributed by atoms with E-state index in [2.05, 4.69) is 24.1 Å². The van der Waals surface area contributed by atoms with Crippen molar-refractivity contribution in [1.82, 2.24) is 5.32 Å². The first kappa shape index (κ1) is 12.4. The van der Waals surface area contributed by atoms with Crippen molar-refractivity contribution in [3.05, 3.63) is 29.6 Å². The van der Waals surface area contributed by atoms with Gasteiger partial charge in [0.2, 0.25) is 0 Å². The molecule has 0 aliphatic carbocycles. The lowest BCUT2D eigenvalue weighted by Gasteiger charge is -2.37. The number of hydrogen-bond acceptors (Lipinski definition) is 2. The zero-order valence-corrected chi connectivity index (χ0v) is 10.8. The first-order valence-electron chi connectivity index (χ1n) is 6.32. The highest BCUT2D eigenvalue weighted by Crippen LogP contribution is 2.20. The van der Waals surface area contributed by atoms with Crippen molar-refractivity contribution < 1.29 is 4.39 Å². The van der Waals surface area contributed by atoms with Gasteiger partial charge in [-0.25, -0.2) is 4.39 Å². The van der Waals surface area contributed by atoms with Crippen molar-refractivity contribution in [3.63, 3.8) is 0 Å². The van der Waals surface area contributed by atoms with E-state index in [1.807, 2.05) is 12.1 Å². The van der Waals surface area contributed by atoms with Crippen molar-refractivity contribution in [2.75, 3.05) is 24.5 Å². The van der Waals surface area contributed by atoms with Crippen LogP contribution in [0, 0.1) is 18.7 Å². The number of anilines is 1. The third-order valence-corrected chi connectivity index (χ3v) is 3.53. The number of hydrogen-bond donors (Lipinski definition) is 1. The number of rotatable bonds is 2. The van der Waals surface area contributed by atoms with Gasteiger partial charge in [0.25, 0.3) is 0 Å². The molecule has 1 aromatic rings. The molecular formula is C14H21FN2. The van der Waals surface area contributed by atoms with E-state index in [4.69, 9.17) is 0 Å². The minimum atomic E-state index is -0.109. The van der Waals surface area contributed by atoms with E-state index in [1.54, 1.807) is 13.0 Å². The topological polar surface area (TPSA) is 15.3 Å². The zero-order valence-electron chi connectivity index (χ0n) is 10.8. The molecule has 1 aliphatic heterocycles. The summed E-state index contributed by atoms with van der Waals surface area (Å²) in [7, 11) is 0. The fourth-order valence-electron chi connectivity index (χ4n) is 2.24. The maximum absolute atomic E-state index is 13.5. The predicted molar refractivity (Wildman–Crippen MR) is 70.0 cm³/mol.